The average Bonchev–Trinajstić information content (AvgIpc) is 3.04. The van der Waals surface area contributed by atoms with Crippen molar-refractivity contribution in [1.82, 2.24) is 4.98 Å². The zero-order valence-electron chi connectivity index (χ0n) is 24.7. The van der Waals surface area contributed by atoms with Crippen LogP contribution in [-0.2, 0) is 23.9 Å². The Kier molecular flexibility index (Phi) is 11.0. The number of aliphatic hydroxyl groups excluding tert-OH is 1. The van der Waals surface area contributed by atoms with Gasteiger partial charge in [0.1, 0.15) is 23.2 Å². The highest BCUT2D eigenvalue weighted by atomic mass is 19.1. The molecule has 0 saturated heterocycles. The van der Waals surface area contributed by atoms with Crippen LogP contribution >= 0.6 is 0 Å². The smallest absolute Gasteiger partial charge is 0.333 e. The minimum atomic E-state index is -1.95. The summed E-state index contributed by atoms with van der Waals surface area (Å²) in [4.78, 5) is 53.3. The maximum Gasteiger partial charge on any atom is 0.333 e. The first-order valence-electron chi connectivity index (χ1n) is 13.8. The molecule has 2 atom stereocenters. The summed E-state index contributed by atoms with van der Waals surface area (Å²) in [5.41, 5.74) is 1.17. The topological polar surface area (TPSA) is 183 Å². The fourth-order valence-electron chi connectivity index (χ4n) is 4.24. The fraction of sp³-hybridized carbons (Fsp3) is 0.219. The molecule has 0 spiro atoms. The number of esters is 1. The Morgan fingerprint density at radius 1 is 0.848 bits per heavy atom. The lowest BCUT2D eigenvalue weighted by Crippen LogP contribution is -2.35. The van der Waals surface area contributed by atoms with Crippen LogP contribution in [0.1, 0.15) is 12.8 Å². The molecule has 0 aliphatic carbocycles. The molecule has 13 nitrogen and oxygen atoms in total. The van der Waals surface area contributed by atoms with Crippen molar-refractivity contribution in [2.45, 2.75) is 18.9 Å². The number of amides is 2. The van der Waals surface area contributed by atoms with Crippen LogP contribution < -0.4 is 24.8 Å². The molecule has 0 bridgehead atoms. The van der Waals surface area contributed by atoms with Crippen LogP contribution in [0.4, 0.5) is 15.8 Å². The van der Waals surface area contributed by atoms with E-state index in [1.54, 1.807) is 48.7 Å². The third kappa shape index (κ3) is 8.66. The molecular formula is C32H30FN3O10. The number of carbonyl (C=O) groups is 4. The quantitative estimate of drug-likeness (QED) is 0.115. The Morgan fingerprint density at radius 2 is 1.43 bits per heavy atom. The van der Waals surface area contributed by atoms with Crippen LogP contribution in [0.15, 0.2) is 72.9 Å². The van der Waals surface area contributed by atoms with Gasteiger partial charge in [0.2, 0.25) is 11.8 Å². The average molecular weight is 636 g/mol. The molecule has 4 rings (SSSR count). The van der Waals surface area contributed by atoms with E-state index < -0.39 is 54.6 Å². The number of hydrogen-bond acceptors (Lipinski definition) is 10. The number of ether oxygens (including phenoxy) is 4. The summed E-state index contributed by atoms with van der Waals surface area (Å²) in [6, 6.07) is 16.4. The Balaban J connectivity index is 1.45. The van der Waals surface area contributed by atoms with Gasteiger partial charge < -0.3 is 39.8 Å². The van der Waals surface area contributed by atoms with E-state index in [-0.39, 0.29) is 12.1 Å². The number of carbonyl (C=O) groups excluding carboxylic acids is 3. The molecule has 4 aromatic rings. The van der Waals surface area contributed by atoms with Crippen molar-refractivity contribution < 1.29 is 52.7 Å². The van der Waals surface area contributed by atoms with Crippen molar-refractivity contribution in [1.29, 1.82) is 0 Å². The van der Waals surface area contributed by atoms with E-state index in [1.807, 2.05) is 0 Å². The molecule has 14 heteroatoms. The molecule has 2 amide bonds. The highest BCUT2D eigenvalue weighted by Gasteiger charge is 2.28. The first-order chi connectivity index (χ1) is 22.1. The van der Waals surface area contributed by atoms with Crippen LogP contribution in [0, 0.1) is 11.7 Å². The van der Waals surface area contributed by atoms with Gasteiger partial charge in [-0.1, -0.05) is 0 Å². The van der Waals surface area contributed by atoms with Gasteiger partial charge in [-0.3, -0.25) is 19.4 Å². The van der Waals surface area contributed by atoms with Gasteiger partial charge in [0.25, 0.3) is 0 Å². The SMILES string of the molecule is COc1cc2nccc(Oc3ccc(NC(=O)C(CCOC(=O)C[C@H](O)C(=O)O)C(=O)Nc4ccc(F)cc4)cc3)c2cc1OC. The van der Waals surface area contributed by atoms with E-state index in [9.17, 15) is 28.7 Å². The third-order valence-electron chi connectivity index (χ3n) is 6.62. The van der Waals surface area contributed by atoms with E-state index in [0.29, 0.717) is 39.6 Å². The minimum Gasteiger partial charge on any atom is -0.493 e. The van der Waals surface area contributed by atoms with Gasteiger partial charge in [-0.2, -0.15) is 0 Å². The van der Waals surface area contributed by atoms with Gasteiger partial charge in [0, 0.05) is 35.4 Å². The van der Waals surface area contributed by atoms with Crippen molar-refractivity contribution in [3.8, 4) is 23.0 Å². The van der Waals surface area contributed by atoms with E-state index in [4.69, 9.17) is 24.1 Å². The molecule has 0 saturated carbocycles. The highest BCUT2D eigenvalue weighted by molar-refractivity contribution is 6.10. The van der Waals surface area contributed by atoms with Gasteiger partial charge >= 0.3 is 11.9 Å². The molecule has 240 valence electrons. The molecule has 0 aliphatic heterocycles. The standard InChI is InChI=1S/C32H30FN3O10/c1-43-27-15-23-24(16-28(27)44-2)34-13-11-26(23)46-21-9-7-20(8-10-21)36-31(40)22(12-14-45-29(38)17-25(37)32(41)42)30(39)35-19-5-3-18(33)4-6-19/h3-11,13,15-16,22,25,37H,12,14,17H2,1-2H3,(H,35,39)(H,36,40)(H,41,42)/t22?,25-/m0/s1. The maximum absolute atomic E-state index is 13.3. The number of carboxylic acid groups (broad SMARTS) is 1. The summed E-state index contributed by atoms with van der Waals surface area (Å²) >= 11 is 0. The van der Waals surface area contributed by atoms with Crippen LogP contribution in [0.5, 0.6) is 23.0 Å². The number of nitrogens with zero attached hydrogens (tertiary/aromatic N) is 1. The number of halogens is 1. The second-order valence-corrected chi connectivity index (χ2v) is 9.77. The molecule has 0 aliphatic rings. The van der Waals surface area contributed by atoms with Crippen LogP contribution in [-0.4, -0.2) is 65.9 Å². The zero-order valence-corrected chi connectivity index (χ0v) is 24.7. The first-order valence-corrected chi connectivity index (χ1v) is 13.8. The van der Waals surface area contributed by atoms with Crippen LogP contribution in [0.25, 0.3) is 10.9 Å². The zero-order chi connectivity index (χ0) is 33.2. The van der Waals surface area contributed by atoms with Crippen molar-refractivity contribution in [2.75, 3.05) is 31.5 Å². The van der Waals surface area contributed by atoms with Crippen molar-refractivity contribution in [3.63, 3.8) is 0 Å². The normalized spacial score (nSPS) is 12.0. The number of methoxy groups -OCH3 is 2. The van der Waals surface area contributed by atoms with E-state index in [0.717, 1.165) is 12.1 Å². The lowest BCUT2D eigenvalue weighted by Gasteiger charge is -2.17. The van der Waals surface area contributed by atoms with E-state index in [1.165, 1.54) is 26.4 Å². The summed E-state index contributed by atoms with van der Waals surface area (Å²) in [6.45, 7) is -0.427. The van der Waals surface area contributed by atoms with Crippen LogP contribution in [0.3, 0.4) is 0 Å². The summed E-state index contributed by atoms with van der Waals surface area (Å²) < 4.78 is 35.0. The number of hydrogen-bond donors (Lipinski definition) is 4. The Morgan fingerprint density at radius 3 is 2.02 bits per heavy atom. The van der Waals surface area contributed by atoms with Gasteiger partial charge in [-0.15, -0.1) is 0 Å². The molecule has 1 aromatic heterocycles. The number of fused-ring (bicyclic) bond motifs is 1. The van der Waals surface area contributed by atoms with Gasteiger partial charge in [-0.05, 0) is 60.7 Å². The Bertz CT molecular complexity index is 1710. The molecule has 3 aromatic carbocycles. The van der Waals surface area contributed by atoms with Gasteiger partial charge in [0.05, 0.1) is 32.8 Å². The second-order valence-electron chi connectivity index (χ2n) is 9.77. The summed E-state index contributed by atoms with van der Waals surface area (Å²) in [7, 11) is 3.04. The van der Waals surface area contributed by atoms with Crippen molar-refractivity contribution in [2.24, 2.45) is 5.92 Å². The first kappa shape index (κ1) is 33.1. The van der Waals surface area contributed by atoms with E-state index >= 15 is 0 Å². The monoisotopic (exact) mass is 635 g/mol. The molecule has 1 heterocycles. The molecule has 0 fully saturated rings. The van der Waals surface area contributed by atoms with E-state index in [2.05, 4.69) is 15.6 Å². The molecule has 4 N–H and O–H groups in total. The molecule has 0 radical (unpaired) electrons. The lowest BCUT2D eigenvalue weighted by atomic mass is 10.0. The summed E-state index contributed by atoms with van der Waals surface area (Å²) in [5, 5.41) is 23.9. The lowest BCUT2D eigenvalue weighted by molar-refractivity contribution is -0.156. The largest absolute Gasteiger partial charge is 0.493 e. The molecule has 1 unspecified atom stereocenters. The predicted octanol–water partition coefficient (Wildman–Crippen LogP) is 4.15. The molecular weight excluding hydrogens is 605 g/mol. The Labute approximate surface area is 261 Å². The van der Waals surface area contributed by atoms with Gasteiger partial charge in [0.15, 0.2) is 17.6 Å². The third-order valence-corrected chi connectivity index (χ3v) is 6.62. The highest BCUT2D eigenvalue weighted by Crippen LogP contribution is 2.37. The number of rotatable bonds is 14. The fourth-order valence-corrected chi connectivity index (χ4v) is 4.24. The molecule has 46 heavy (non-hydrogen) atoms. The minimum absolute atomic E-state index is 0.229. The maximum atomic E-state index is 13.3. The number of anilines is 2. The Hall–Kier alpha value is -5.76. The number of aliphatic carboxylic acids is 1. The summed E-state index contributed by atoms with van der Waals surface area (Å²) in [5.74, 6) is -4.09. The number of carboxylic acids is 1. The van der Waals surface area contributed by atoms with Gasteiger partial charge in [-0.25, -0.2) is 9.18 Å². The number of aliphatic hydroxyl groups is 1. The summed E-state index contributed by atoms with van der Waals surface area (Å²) in [6.07, 6.45) is -1.46. The number of nitrogens with one attached hydrogen (secondary N) is 2. The van der Waals surface area contributed by atoms with Crippen molar-refractivity contribution in [3.05, 3.63) is 78.7 Å². The number of aromatic nitrogens is 1. The number of pyridine rings is 1. The van der Waals surface area contributed by atoms with Crippen LogP contribution in [0.2, 0.25) is 0 Å². The number of benzene rings is 3. The second kappa shape index (κ2) is 15.3. The van der Waals surface area contributed by atoms with Crippen molar-refractivity contribution >= 4 is 46.0 Å². The predicted molar refractivity (Wildman–Crippen MR) is 162 cm³/mol.